The molecule has 0 N–H and O–H groups in total. The quantitative estimate of drug-likeness (QED) is 0.128. The highest BCUT2D eigenvalue weighted by atomic mass is 16.5. The molecular formula is C61H56N2O4. The predicted molar refractivity (Wildman–Crippen MR) is 275 cm³/mol. The molecule has 1 spiro atoms. The molecule has 67 heavy (non-hydrogen) atoms. The van der Waals surface area contributed by atoms with Gasteiger partial charge >= 0.3 is 0 Å². The van der Waals surface area contributed by atoms with Crippen LogP contribution in [0.5, 0.6) is 17.2 Å². The van der Waals surface area contributed by atoms with Crippen molar-refractivity contribution in [3.8, 4) is 39.5 Å². The fraction of sp³-hybridized carbons (Fsp3) is 0.197. The normalized spacial score (nSPS) is 14.0. The average molecular weight is 881 g/mol. The summed E-state index contributed by atoms with van der Waals surface area (Å²) in [4.78, 5) is 17.1. The van der Waals surface area contributed by atoms with Crippen LogP contribution < -0.4 is 24.0 Å². The van der Waals surface area contributed by atoms with Gasteiger partial charge in [0.15, 0.2) is 0 Å². The van der Waals surface area contributed by atoms with Gasteiger partial charge in [-0.3, -0.25) is 4.79 Å². The van der Waals surface area contributed by atoms with Crippen molar-refractivity contribution in [3.05, 3.63) is 206 Å². The van der Waals surface area contributed by atoms with E-state index in [1.54, 1.807) is 21.3 Å². The molecule has 0 amide bonds. The third kappa shape index (κ3) is 6.56. The highest BCUT2D eigenvalue weighted by Crippen LogP contribution is 2.64. The maximum atomic E-state index is 12.2. The highest BCUT2D eigenvalue weighted by molar-refractivity contribution is 5.98. The summed E-state index contributed by atoms with van der Waals surface area (Å²) in [7, 11) is 5.18. The van der Waals surface area contributed by atoms with E-state index in [1.807, 2.05) is 12.1 Å². The van der Waals surface area contributed by atoms with Crippen LogP contribution in [0.4, 0.5) is 34.1 Å². The Balaban J connectivity index is 1.29. The van der Waals surface area contributed by atoms with E-state index in [2.05, 4.69) is 187 Å². The van der Waals surface area contributed by atoms with E-state index in [0.29, 0.717) is 5.56 Å². The summed E-state index contributed by atoms with van der Waals surface area (Å²) in [6, 6.07) is 48.8. The summed E-state index contributed by atoms with van der Waals surface area (Å²) in [6.07, 6.45) is 0.938. The van der Waals surface area contributed by atoms with Crippen molar-refractivity contribution in [2.75, 3.05) is 31.1 Å². The lowest BCUT2D eigenvalue weighted by atomic mass is 9.70. The van der Waals surface area contributed by atoms with Crippen molar-refractivity contribution in [1.29, 1.82) is 0 Å². The monoisotopic (exact) mass is 880 g/mol. The Morgan fingerprint density at radius 3 is 0.985 bits per heavy atom. The molecule has 2 aliphatic carbocycles. The zero-order valence-corrected chi connectivity index (χ0v) is 40.3. The zero-order valence-electron chi connectivity index (χ0n) is 40.3. The SMILES string of the molecule is COc1cc(C)c(N(c2ccc3c(c2)C2(c4ccccc4-3)c3ccccc3-c3ccc(N(c4c(C)cc(OC)cc4C)c4c(C)cc(OC)cc4C)cc32)c2c(C)cc(C=O)cc2C)c(C)c1. The minimum atomic E-state index is -0.662. The number of hydrogen-bond donors (Lipinski definition) is 0. The first-order chi connectivity index (χ1) is 32.3. The molecule has 0 aliphatic heterocycles. The molecule has 0 heterocycles. The molecule has 8 aromatic rings. The second kappa shape index (κ2) is 16.4. The summed E-state index contributed by atoms with van der Waals surface area (Å²) < 4.78 is 17.4. The Hall–Kier alpha value is -7.57. The van der Waals surface area contributed by atoms with Crippen LogP contribution in [0.25, 0.3) is 22.3 Å². The lowest BCUT2D eigenvalue weighted by molar-refractivity contribution is 0.112. The van der Waals surface area contributed by atoms with Crippen molar-refractivity contribution in [3.63, 3.8) is 0 Å². The molecule has 2 aliphatic rings. The first-order valence-corrected chi connectivity index (χ1v) is 23.0. The minimum absolute atomic E-state index is 0.661. The van der Waals surface area contributed by atoms with Crippen molar-refractivity contribution in [1.82, 2.24) is 0 Å². The fourth-order valence-electron chi connectivity index (χ4n) is 11.7. The van der Waals surface area contributed by atoms with Crippen LogP contribution in [-0.2, 0) is 5.41 Å². The molecule has 8 aromatic carbocycles. The smallest absolute Gasteiger partial charge is 0.150 e. The summed E-state index contributed by atoms with van der Waals surface area (Å²) in [5, 5.41) is 0. The number of ether oxygens (including phenoxy) is 3. The largest absolute Gasteiger partial charge is 0.497 e. The molecule has 0 radical (unpaired) electrons. The van der Waals surface area contributed by atoms with Crippen LogP contribution in [0, 0.1) is 55.4 Å². The lowest BCUT2D eigenvalue weighted by Crippen LogP contribution is -2.27. The predicted octanol–water partition coefficient (Wildman–Crippen LogP) is 15.3. The van der Waals surface area contributed by atoms with Gasteiger partial charge in [-0.1, -0.05) is 60.7 Å². The Bertz CT molecular complexity index is 3180. The Labute approximate surface area is 395 Å². The van der Waals surface area contributed by atoms with Crippen molar-refractivity contribution >= 4 is 40.4 Å². The molecule has 334 valence electrons. The molecular weight excluding hydrogens is 825 g/mol. The standard InChI is InChI=1S/C61H56N2O4/c1-35-24-43(34-64)25-36(2)57(35)62(58-37(3)26-46(65-9)27-38(58)4)44-20-22-51-49-16-12-14-18-53(49)61(55(51)32-44)54-19-15-13-17-50(54)52-23-21-45(33-56(52)61)63(59-39(5)28-47(66-10)29-40(59)6)60-41(7)30-48(67-11)31-42(60)8/h12-34H,1-11H3. The van der Waals surface area contributed by atoms with Crippen LogP contribution in [0.2, 0.25) is 0 Å². The number of anilines is 6. The summed E-state index contributed by atoms with van der Waals surface area (Å²) in [5.74, 6) is 2.48. The summed E-state index contributed by atoms with van der Waals surface area (Å²) in [5.41, 5.74) is 25.0. The van der Waals surface area contributed by atoms with Gasteiger partial charge in [-0.05, 0) is 217 Å². The first kappa shape index (κ1) is 43.3. The van der Waals surface area contributed by atoms with Crippen LogP contribution in [0.3, 0.4) is 0 Å². The molecule has 0 fully saturated rings. The van der Waals surface area contributed by atoms with E-state index < -0.39 is 5.41 Å². The molecule has 10 rings (SSSR count). The highest BCUT2D eigenvalue weighted by Gasteiger charge is 2.52. The van der Waals surface area contributed by atoms with E-state index >= 15 is 0 Å². The van der Waals surface area contributed by atoms with Gasteiger partial charge in [0, 0.05) is 16.9 Å². The number of nitrogens with zero attached hydrogens (tertiary/aromatic N) is 2. The molecule has 1 atom stereocenters. The molecule has 6 heteroatoms. The minimum Gasteiger partial charge on any atom is -0.497 e. The number of rotatable bonds is 10. The Morgan fingerprint density at radius 1 is 0.373 bits per heavy atom. The molecule has 0 bridgehead atoms. The number of fused-ring (bicyclic) bond motifs is 10. The molecule has 1 unspecified atom stereocenters. The van der Waals surface area contributed by atoms with Crippen LogP contribution >= 0.6 is 0 Å². The second-order valence-corrected chi connectivity index (χ2v) is 18.4. The summed E-state index contributed by atoms with van der Waals surface area (Å²) in [6.45, 7) is 17.2. The van der Waals surface area contributed by atoms with Crippen molar-refractivity contribution in [2.45, 2.75) is 60.8 Å². The van der Waals surface area contributed by atoms with Gasteiger partial charge in [-0.25, -0.2) is 0 Å². The van der Waals surface area contributed by atoms with E-state index in [0.717, 1.165) is 102 Å². The lowest BCUT2D eigenvalue weighted by Gasteiger charge is -2.35. The van der Waals surface area contributed by atoms with Crippen LogP contribution in [0.1, 0.15) is 77.1 Å². The van der Waals surface area contributed by atoms with Gasteiger partial charge in [-0.2, -0.15) is 0 Å². The van der Waals surface area contributed by atoms with Crippen LogP contribution in [-0.4, -0.2) is 27.6 Å². The number of benzene rings is 8. The van der Waals surface area contributed by atoms with Gasteiger partial charge < -0.3 is 24.0 Å². The van der Waals surface area contributed by atoms with E-state index in [-0.39, 0.29) is 0 Å². The molecule has 6 nitrogen and oxygen atoms in total. The van der Waals surface area contributed by atoms with Gasteiger partial charge in [-0.15, -0.1) is 0 Å². The second-order valence-electron chi connectivity index (χ2n) is 18.4. The topological polar surface area (TPSA) is 51.2 Å². The van der Waals surface area contributed by atoms with Gasteiger partial charge in [0.05, 0.1) is 49.5 Å². The van der Waals surface area contributed by atoms with Gasteiger partial charge in [0.2, 0.25) is 0 Å². The number of carbonyl (C=O) groups is 1. The third-order valence-electron chi connectivity index (χ3n) is 14.2. The average Bonchev–Trinajstić information content (AvgIpc) is 3.78. The molecule has 0 saturated heterocycles. The van der Waals surface area contributed by atoms with Crippen LogP contribution in [0.15, 0.2) is 133 Å². The fourth-order valence-corrected chi connectivity index (χ4v) is 11.7. The molecule has 0 saturated carbocycles. The Kier molecular flexibility index (Phi) is 10.6. The van der Waals surface area contributed by atoms with E-state index in [9.17, 15) is 4.79 Å². The number of aldehydes is 1. The summed E-state index contributed by atoms with van der Waals surface area (Å²) >= 11 is 0. The van der Waals surface area contributed by atoms with E-state index in [4.69, 9.17) is 14.2 Å². The number of aryl methyl sites for hydroxylation is 8. The number of hydrogen-bond acceptors (Lipinski definition) is 6. The van der Waals surface area contributed by atoms with Crippen molar-refractivity contribution in [2.24, 2.45) is 0 Å². The van der Waals surface area contributed by atoms with Crippen molar-refractivity contribution < 1.29 is 19.0 Å². The van der Waals surface area contributed by atoms with Gasteiger partial charge in [0.1, 0.15) is 23.5 Å². The maximum Gasteiger partial charge on any atom is 0.150 e. The zero-order chi connectivity index (χ0) is 47.1. The Morgan fingerprint density at radius 2 is 0.672 bits per heavy atom. The van der Waals surface area contributed by atoms with E-state index in [1.165, 1.54) is 44.5 Å². The third-order valence-corrected chi connectivity index (χ3v) is 14.2. The molecule has 0 aromatic heterocycles. The number of carbonyl (C=O) groups excluding carboxylic acids is 1. The maximum absolute atomic E-state index is 12.2. The van der Waals surface area contributed by atoms with Gasteiger partial charge in [0.25, 0.3) is 0 Å². The number of methoxy groups -OCH3 is 3. The first-order valence-electron chi connectivity index (χ1n) is 23.0.